The first-order chi connectivity index (χ1) is 13.7. The lowest BCUT2D eigenvalue weighted by molar-refractivity contribution is -0.0502. The highest BCUT2D eigenvalue weighted by molar-refractivity contribution is 5.80. The lowest BCUT2D eigenvalue weighted by atomic mass is 10.1. The molecule has 2 fully saturated rings. The summed E-state index contributed by atoms with van der Waals surface area (Å²) in [7, 11) is 1.80. The Morgan fingerprint density at radius 3 is 2.64 bits per heavy atom. The second kappa shape index (κ2) is 8.71. The average Bonchev–Trinajstić information content (AvgIpc) is 3.16. The quantitative estimate of drug-likeness (QED) is 0.652. The fraction of sp³-hybridized carbons (Fsp3) is 0.409. The minimum Gasteiger partial charge on any atom is -0.373 e. The molecule has 0 aliphatic carbocycles. The summed E-state index contributed by atoms with van der Waals surface area (Å²) >= 11 is 0. The zero-order valence-corrected chi connectivity index (χ0v) is 16.2. The van der Waals surface area contributed by atoms with Crippen molar-refractivity contribution in [2.75, 3.05) is 33.3 Å². The molecule has 5 nitrogen and oxygen atoms in total. The molecule has 2 aliphatic heterocycles. The molecular formula is C22H27FN4O. The maximum absolute atomic E-state index is 13.1. The van der Waals surface area contributed by atoms with E-state index in [0.29, 0.717) is 12.6 Å². The second-order valence-corrected chi connectivity index (χ2v) is 7.36. The zero-order chi connectivity index (χ0) is 19.3. The molecular weight excluding hydrogens is 355 g/mol. The predicted octanol–water partition coefficient (Wildman–Crippen LogP) is 2.49. The van der Waals surface area contributed by atoms with Crippen LogP contribution < -0.4 is 5.32 Å². The predicted molar refractivity (Wildman–Crippen MR) is 109 cm³/mol. The van der Waals surface area contributed by atoms with Crippen LogP contribution in [-0.4, -0.2) is 61.2 Å². The number of fused-ring (bicyclic) bond motifs is 1. The van der Waals surface area contributed by atoms with Crippen molar-refractivity contribution >= 4 is 5.96 Å². The minimum atomic E-state index is -0.215. The van der Waals surface area contributed by atoms with Gasteiger partial charge in [-0.3, -0.25) is 9.89 Å². The number of nitrogens with zero attached hydrogens (tertiary/aromatic N) is 3. The number of rotatable bonds is 4. The number of ether oxygens (including phenoxy) is 1. The largest absolute Gasteiger partial charge is 0.373 e. The summed E-state index contributed by atoms with van der Waals surface area (Å²) in [6, 6.07) is 17.5. The summed E-state index contributed by atoms with van der Waals surface area (Å²) in [5.41, 5.74) is 2.36. The lowest BCUT2D eigenvalue weighted by Crippen LogP contribution is -2.50. The second-order valence-electron chi connectivity index (χ2n) is 7.36. The van der Waals surface area contributed by atoms with Gasteiger partial charge in [-0.2, -0.15) is 0 Å². The molecule has 2 unspecified atom stereocenters. The highest BCUT2D eigenvalue weighted by Gasteiger charge is 2.41. The van der Waals surface area contributed by atoms with Gasteiger partial charge in [0.15, 0.2) is 5.96 Å². The van der Waals surface area contributed by atoms with Gasteiger partial charge in [0.2, 0.25) is 0 Å². The molecule has 4 rings (SSSR count). The fourth-order valence-corrected chi connectivity index (χ4v) is 4.06. The van der Waals surface area contributed by atoms with Crippen LogP contribution >= 0.6 is 0 Å². The van der Waals surface area contributed by atoms with Crippen LogP contribution in [0.15, 0.2) is 59.6 Å². The van der Waals surface area contributed by atoms with Crippen molar-refractivity contribution in [1.82, 2.24) is 15.1 Å². The molecule has 0 saturated carbocycles. The number of hydrogen-bond acceptors (Lipinski definition) is 3. The van der Waals surface area contributed by atoms with Crippen LogP contribution in [0.3, 0.4) is 0 Å². The van der Waals surface area contributed by atoms with Crippen LogP contribution in [0.2, 0.25) is 0 Å². The van der Waals surface area contributed by atoms with Gasteiger partial charge in [-0.25, -0.2) is 4.39 Å². The van der Waals surface area contributed by atoms with E-state index in [1.165, 1.54) is 17.7 Å². The third-order valence-electron chi connectivity index (χ3n) is 5.52. The van der Waals surface area contributed by atoms with Gasteiger partial charge < -0.3 is 15.0 Å². The van der Waals surface area contributed by atoms with Crippen molar-refractivity contribution in [3.05, 3.63) is 71.5 Å². The van der Waals surface area contributed by atoms with Gasteiger partial charge >= 0.3 is 0 Å². The van der Waals surface area contributed by atoms with Gasteiger partial charge in [0.05, 0.1) is 18.8 Å². The Kier molecular flexibility index (Phi) is 5.88. The summed E-state index contributed by atoms with van der Waals surface area (Å²) in [5, 5.41) is 3.40. The summed E-state index contributed by atoms with van der Waals surface area (Å²) in [5.74, 6) is 0.648. The van der Waals surface area contributed by atoms with E-state index < -0.39 is 0 Å². The Bertz CT molecular complexity index is 796. The molecule has 2 aliphatic rings. The molecule has 1 N–H and O–H groups in total. The first-order valence-electron chi connectivity index (χ1n) is 9.82. The van der Waals surface area contributed by atoms with E-state index in [4.69, 9.17) is 4.74 Å². The molecule has 2 saturated heterocycles. The van der Waals surface area contributed by atoms with E-state index in [-0.39, 0.29) is 11.9 Å². The average molecular weight is 382 g/mol. The minimum absolute atomic E-state index is 0.196. The van der Waals surface area contributed by atoms with Gasteiger partial charge in [0.1, 0.15) is 5.82 Å². The van der Waals surface area contributed by atoms with Crippen molar-refractivity contribution < 1.29 is 9.13 Å². The molecule has 0 bridgehead atoms. The Morgan fingerprint density at radius 1 is 1.11 bits per heavy atom. The Hall–Kier alpha value is -2.44. The number of morpholine rings is 1. The van der Waals surface area contributed by atoms with Gasteiger partial charge in [-0.1, -0.05) is 42.5 Å². The summed E-state index contributed by atoms with van der Waals surface area (Å²) in [6.07, 6.45) is 0.196. The highest BCUT2D eigenvalue weighted by Crippen LogP contribution is 2.24. The Labute approximate surface area is 165 Å². The van der Waals surface area contributed by atoms with Crippen molar-refractivity contribution in [1.29, 1.82) is 0 Å². The smallest absolute Gasteiger partial charge is 0.194 e. The van der Waals surface area contributed by atoms with E-state index in [1.807, 2.05) is 0 Å². The number of hydrogen-bond donors (Lipinski definition) is 1. The number of likely N-dealkylation sites (tertiary alicyclic amines) is 1. The first-order valence-corrected chi connectivity index (χ1v) is 9.82. The van der Waals surface area contributed by atoms with E-state index in [2.05, 4.69) is 50.4 Å². The van der Waals surface area contributed by atoms with Gasteiger partial charge in [0, 0.05) is 39.8 Å². The van der Waals surface area contributed by atoms with Crippen molar-refractivity contribution in [3.63, 3.8) is 0 Å². The first kappa shape index (κ1) is 18.9. The van der Waals surface area contributed by atoms with Crippen LogP contribution in [0.4, 0.5) is 4.39 Å². The van der Waals surface area contributed by atoms with Crippen LogP contribution in [0.1, 0.15) is 11.1 Å². The zero-order valence-electron chi connectivity index (χ0n) is 16.2. The standard InChI is InChI=1S/C22H27FN4O/c1-24-22(25-13-17-7-9-19(23)10-8-17)27-15-20-21(16-27)28-12-11-26(20)14-18-5-3-2-4-6-18/h2-10,20-21H,11-16H2,1H3,(H,24,25). The van der Waals surface area contributed by atoms with Crippen molar-refractivity contribution in [2.45, 2.75) is 25.2 Å². The molecule has 2 heterocycles. The van der Waals surface area contributed by atoms with E-state index in [1.54, 1.807) is 19.2 Å². The normalized spacial score (nSPS) is 22.9. The van der Waals surface area contributed by atoms with E-state index >= 15 is 0 Å². The molecule has 2 atom stereocenters. The monoisotopic (exact) mass is 382 g/mol. The van der Waals surface area contributed by atoms with Crippen LogP contribution in [0, 0.1) is 5.82 Å². The van der Waals surface area contributed by atoms with Gasteiger partial charge in [-0.05, 0) is 23.3 Å². The van der Waals surface area contributed by atoms with Crippen LogP contribution in [0.25, 0.3) is 0 Å². The molecule has 2 aromatic rings. The van der Waals surface area contributed by atoms with E-state index in [0.717, 1.165) is 44.3 Å². The number of guanidine groups is 1. The van der Waals surface area contributed by atoms with Crippen molar-refractivity contribution in [3.8, 4) is 0 Å². The van der Waals surface area contributed by atoms with Crippen LogP contribution in [0.5, 0.6) is 0 Å². The number of halogens is 1. The molecule has 6 heteroatoms. The molecule has 148 valence electrons. The van der Waals surface area contributed by atoms with E-state index in [9.17, 15) is 4.39 Å². The maximum atomic E-state index is 13.1. The summed E-state index contributed by atoms with van der Waals surface area (Å²) in [4.78, 5) is 9.24. The Balaban J connectivity index is 1.38. The molecule has 0 amide bonds. The summed E-state index contributed by atoms with van der Waals surface area (Å²) < 4.78 is 19.2. The highest BCUT2D eigenvalue weighted by atomic mass is 19.1. The number of nitrogens with one attached hydrogen (secondary N) is 1. The summed E-state index contributed by atoms with van der Waals surface area (Å²) in [6.45, 7) is 5.00. The molecule has 28 heavy (non-hydrogen) atoms. The Morgan fingerprint density at radius 2 is 1.89 bits per heavy atom. The SMILES string of the molecule is CN=C(NCc1ccc(F)cc1)N1CC2OCCN(Cc3ccccc3)C2C1. The third kappa shape index (κ3) is 4.34. The molecule has 0 spiro atoms. The fourth-order valence-electron chi connectivity index (χ4n) is 4.06. The third-order valence-corrected chi connectivity index (χ3v) is 5.52. The maximum Gasteiger partial charge on any atom is 0.194 e. The van der Waals surface area contributed by atoms with Gasteiger partial charge in [0.25, 0.3) is 0 Å². The van der Waals surface area contributed by atoms with Crippen molar-refractivity contribution in [2.24, 2.45) is 4.99 Å². The lowest BCUT2D eigenvalue weighted by Gasteiger charge is -2.36. The van der Waals surface area contributed by atoms with Crippen LogP contribution in [-0.2, 0) is 17.8 Å². The topological polar surface area (TPSA) is 40.1 Å². The van der Waals surface area contributed by atoms with Gasteiger partial charge in [-0.15, -0.1) is 0 Å². The number of benzene rings is 2. The number of aliphatic imine (C=N–C) groups is 1. The molecule has 0 aromatic heterocycles. The molecule has 2 aromatic carbocycles. The molecule has 0 radical (unpaired) electrons.